The van der Waals surface area contributed by atoms with Gasteiger partial charge < -0.3 is 4.74 Å². The van der Waals surface area contributed by atoms with Crippen molar-refractivity contribution in [3.8, 4) is 5.75 Å². The third-order valence-electron chi connectivity index (χ3n) is 5.78. The lowest BCUT2D eigenvalue weighted by Crippen LogP contribution is -2.36. The molecule has 0 amide bonds. The Morgan fingerprint density at radius 2 is 1.75 bits per heavy atom. The molecule has 4 aromatic rings. The summed E-state index contributed by atoms with van der Waals surface area (Å²) in [4.78, 5) is 12.9. The molecule has 9 heteroatoms. The van der Waals surface area contributed by atoms with Gasteiger partial charge in [0.15, 0.2) is 5.65 Å². The maximum atomic E-state index is 13.5. The Kier molecular flexibility index (Phi) is 5.07. The van der Waals surface area contributed by atoms with Gasteiger partial charge >= 0.3 is 5.69 Å². The summed E-state index contributed by atoms with van der Waals surface area (Å²) in [6.45, 7) is 0.911. The minimum Gasteiger partial charge on any atom is -0.497 e. The van der Waals surface area contributed by atoms with Crippen LogP contribution in [0.1, 0.15) is 16.7 Å². The smallest absolute Gasteiger partial charge is 0.350 e. The fourth-order valence-electron chi connectivity index (χ4n) is 4.04. The number of aromatic nitrogens is 3. The first-order chi connectivity index (χ1) is 15.5. The van der Waals surface area contributed by atoms with Gasteiger partial charge in [-0.15, -0.1) is 5.10 Å². The van der Waals surface area contributed by atoms with Crippen LogP contribution in [0.25, 0.3) is 5.65 Å². The Labute approximate surface area is 185 Å². The standard InChI is InChI=1S/C23H22N4O4S/c1-31-20-10-8-17(9-11-20)15-27-23(28)26-13-4-7-21(22(26)24-27)32(29,30)25-14-12-18-5-2-3-6-19(18)16-25/h2-11,13H,12,14-16H2,1H3. The number of benzene rings is 2. The number of rotatable bonds is 5. The van der Waals surface area contributed by atoms with Gasteiger partial charge in [-0.2, -0.15) is 4.31 Å². The zero-order valence-corrected chi connectivity index (χ0v) is 18.3. The molecule has 0 atom stereocenters. The summed E-state index contributed by atoms with van der Waals surface area (Å²) >= 11 is 0. The van der Waals surface area contributed by atoms with Gasteiger partial charge in [-0.05, 0) is 47.4 Å². The van der Waals surface area contributed by atoms with Crippen molar-refractivity contribution in [2.75, 3.05) is 13.7 Å². The van der Waals surface area contributed by atoms with E-state index in [4.69, 9.17) is 4.74 Å². The van der Waals surface area contributed by atoms with Crippen LogP contribution in [-0.2, 0) is 29.5 Å². The predicted molar refractivity (Wildman–Crippen MR) is 119 cm³/mol. The fraction of sp³-hybridized carbons (Fsp3) is 0.217. The molecule has 0 fully saturated rings. The Morgan fingerprint density at radius 1 is 1.00 bits per heavy atom. The lowest BCUT2D eigenvalue weighted by atomic mass is 10.0. The van der Waals surface area contributed by atoms with Gasteiger partial charge in [0.05, 0.1) is 13.7 Å². The van der Waals surface area contributed by atoms with Crippen molar-refractivity contribution in [1.82, 2.24) is 18.5 Å². The number of pyridine rings is 1. The second-order valence-corrected chi connectivity index (χ2v) is 9.62. The highest BCUT2D eigenvalue weighted by atomic mass is 32.2. The molecule has 164 valence electrons. The van der Waals surface area contributed by atoms with E-state index in [-0.39, 0.29) is 17.1 Å². The average molecular weight is 451 g/mol. The van der Waals surface area contributed by atoms with Crippen molar-refractivity contribution < 1.29 is 13.2 Å². The number of hydrogen-bond acceptors (Lipinski definition) is 5. The number of nitrogens with zero attached hydrogens (tertiary/aromatic N) is 4. The summed E-state index contributed by atoms with van der Waals surface area (Å²) in [6, 6.07) is 18.2. The second-order valence-electron chi connectivity index (χ2n) is 7.71. The molecule has 1 aliphatic heterocycles. The molecule has 0 bridgehead atoms. The van der Waals surface area contributed by atoms with Crippen molar-refractivity contribution in [1.29, 1.82) is 0 Å². The van der Waals surface area contributed by atoms with E-state index in [0.717, 1.165) is 16.7 Å². The van der Waals surface area contributed by atoms with Gasteiger partial charge in [0.25, 0.3) is 0 Å². The molecule has 8 nitrogen and oxygen atoms in total. The molecule has 0 radical (unpaired) electrons. The van der Waals surface area contributed by atoms with Crippen molar-refractivity contribution in [3.05, 3.63) is 94.0 Å². The number of fused-ring (bicyclic) bond motifs is 2. The highest BCUT2D eigenvalue weighted by Crippen LogP contribution is 2.26. The number of ether oxygens (including phenoxy) is 1. The van der Waals surface area contributed by atoms with Crippen LogP contribution in [0, 0.1) is 0 Å². The summed E-state index contributed by atoms with van der Waals surface area (Å²) in [5.41, 5.74) is 2.75. The number of hydrogen-bond donors (Lipinski definition) is 0. The summed E-state index contributed by atoms with van der Waals surface area (Å²) in [7, 11) is -2.25. The first-order valence-corrected chi connectivity index (χ1v) is 11.7. The maximum Gasteiger partial charge on any atom is 0.350 e. The Balaban J connectivity index is 1.52. The van der Waals surface area contributed by atoms with E-state index in [0.29, 0.717) is 25.3 Å². The normalized spacial score (nSPS) is 14.4. The molecular formula is C23H22N4O4S. The molecule has 3 heterocycles. The molecule has 1 aliphatic rings. The van der Waals surface area contributed by atoms with Crippen LogP contribution in [-0.4, -0.2) is 40.6 Å². The van der Waals surface area contributed by atoms with Crippen molar-refractivity contribution in [2.45, 2.75) is 24.4 Å². The average Bonchev–Trinajstić information content (AvgIpc) is 3.14. The zero-order chi connectivity index (χ0) is 22.3. The SMILES string of the molecule is COc1ccc(Cn2nc3c(S(=O)(=O)N4CCc5ccccc5C4)cccn3c2=O)cc1. The van der Waals surface area contributed by atoms with Crippen LogP contribution >= 0.6 is 0 Å². The number of sulfonamides is 1. The molecule has 2 aromatic carbocycles. The Hall–Kier alpha value is -3.43. The topological polar surface area (TPSA) is 85.9 Å². The van der Waals surface area contributed by atoms with Gasteiger partial charge in [0.2, 0.25) is 10.0 Å². The van der Waals surface area contributed by atoms with Gasteiger partial charge in [-0.1, -0.05) is 36.4 Å². The molecule has 32 heavy (non-hydrogen) atoms. The molecule has 2 aromatic heterocycles. The predicted octanol–water partition coefficient (Wildman–Crippen LogP) is 2.30. The third kappa shape index (κ3) is 3.49. The molecule has 0 saturated heterocycles. The molecule has 0 N–H and O–H groups in total. The van der Waals surface area contributed by atoms with Crippen molar-refractivity contribution in [2.24, 2.45) is 0 Å². The molecule has 0 unspecified atom stereocenters. The highest BCUT2D eigenvalue weighted by molar-refractivity contribution is 7.89. The fourth-order valence-corrected chi connectivity index (χ4v) is 5.58. The summed E-state index contributed by atoms with van der Waals surface area (Å²) in [5, 5.41) is 4.39. The molecule has 0 aliphatic carbocycles. The maximum absolute atomic E-state index is 13.5. The van der Waals surface area contributed by atoms with Crippen LogP contribution in [0.4, 0.5) is 0 Å². The Bertz CT molecular complexity index is 1460. The van der Waals surface area contributed by atoms with E-state index < -0.39 is 15.7 Å². The third-order valence-corrected chi connectivity index (χ3v) is 7.64. The van der Waals surface area contributed by atoms with Crippen molar-refractivity contribution in [3.63, 3.8) is 0 Å². The van der Waals surface area contributed by atoms with E-state index in [1.807, 2.05) is 36.4 Å². The highest BCUT2D eigenvalue weighted by Gasteiger charge is 2.31. The summed E-state index contributed by atoms with van der Waals surface area (Å²) < 4.78 is 36.2. The lowest BCUT2D eigenvalue weighted by Gasteiger charge is -2.28. The minimum absolute atomic E-state index is 0.0324. The van der Waals surface area contributed by atoms with Gasteiger partial charge in [0, 0.05) is 19.3 Å². The molecule has 5 rings (SSSR count). The van der Waals surface area contributed by atoms with E-state index in [9.17, 15) is 13.2 Å². The van der Waals surface area contributed by atoms with E-state index >= 15 is 0 Å². The van der Waals surface area contributed by atoms with Crippen LogP contribution in [0.5, 0.6) is 5.75 Å². The van der Waals surface area contributed by atoms with Crippen LogP contribution in [0.2, 0.25) is 0 Å². The van der Waals surface area contributed by atoms with Gasteiger partial charge in [-0.25, -0.2) is 22.3 Å². The summed E-state index contributed by atoms with van der Waals surface area (Å²) in [5.74, 6) is 0.715. The monoisotopic (exact) mass is 450 g/mol. The second kappa shape index (κ2) is 7.92. The van der Waals surface area contributed by atoms with Gasteiger partial charge in [-0.3, -0.25) is 0 Å². The molecular weight excluding hydrogens is 428 g/mol. The molecule has 0 saturated carbocycles. The minimum atomic E-state index is -3.84. The first-order valence-electron chi connectivity index (χ1n) is 10.3. The van der Waals surface area contributed by atoms with Crippen LogP contribution < -0.4 is 10.4 Å². The van der Waals surface area contributed by atoms with E-state index in [2.05, 4.69) is 5.10 Å². The Morgan fingerprint density at radius 3 is 2.50 bits per heavy atom. The van der Waals surface area contributed by atoms with Crippen LogP contribution in [0.15, 0.2) is 76.6 Å². The van der Waals surface area contributed by atoms with E-state index in [1.54, 1.807) is 31.5 Å². The quantitative estimate of drug-likeness (QED) is 0.466. The molecule has 0 spiro atoms. The largest absolute Gasteiger partial charge is 0.497 e. The van der Waals surface area contributed by atoms with E-state index in [1.165, 1.54) is 19.5 Å². The van der Waals surface area contributed by atoms with Gasteiger partial charge in [0.1, 0.15) is 10.6 Å². The zero-order valence-electron chi connectivity index (χ0n) is 17.5. The van der Waals surface area contributed by atoms with Crippen molar-refractivity contribution >= 4 is 15.7 Å². The first kappa shape index (κ1) is 20.5. The lowest BCUT2D eigenvalue weighted by molar-refractivity contribution is 0.391. The number of methoxy groups -OCH3 is 1. The summed E-state index contributed by atoms with van der Waals surface area (Å²) in [6.07, 6.45) is 2.19. The van der Waals surface area contributed by atoms with Crippen LogP contribution in [0.3, 0.4) is 0 Å².